The van der Waals surface area contributed by atoms with Crippen LogP contribution in [0.1, 0.15) is 12.6 Å². The van der Waals surface area contributed by atoms with Crippen LogP contribution in [-0.2, 0) is 17.9 Å². The molecule has 106 valence electrons. The Balaban J connectivity index is 2.13. The molecule has 1 heterocycles. The lowest BCUT2D eigenvalue weighted by molar-refractivity contribution is -0.119. The number of carbonyl (C=O) groups is 1. The summed E-state index contributed by atoms with van der Waals surface area (Å²) in [6, 6.07) is 5.93. The molecule has 0 aliphatic heterocycles. The first-order valence-corrected chi connectivity index (χ1v) is 6.29. The van der Waals surface area contributed by atoms with Crippen LogP contribution in [0.5, 0.6) is 0 Å². The number of hydrogen-bond acceptors (Lipinski definition) is 4. The molecule has 0 radical (unpaired) electrons. The molecular formula is C13H16FN5O. The number of benzene rings is 1. The van der Waals surface area contributed by atoms with E-state index in [4.69, 9.17) is 5.73 Å². The van der Waals surface area contributed by atoms with E-state index >= 15 is 0 Å². The minimum absolute atomic E-state index is 0.0390. The Morgan fingerprint density at radius 2 is 2.30 bits per heavy atom. The highest BCUT2D eigenvalue weighted by Gasteiger charge is 2.15. The van der Waals surface area contributed by atoms with E-state index in [1.54, 1.807) is 18.3 Å². The molecule has 2 rings (SSSR count). The summed E-state index contributed by atoms with van der Waals surface area (Å²) in [6.45, 7) is 2.59. The standard InChI is InChI=1S/C13H16FN5O/c1-2-19(12-5-3-4-10(14)6-12)13(20)9-18-8-11(7-15)16-17-18/h3-6,8H,2,7,9,15H2,1H3. The minimum atomic E-state index is -0.375. The van der Waals surface area contributed by atoms with Crippen LogP contribution in [0.4, 0.5) is 10.1 Å². The maximum atomic E-state index is 13.2. The third-order valence-corrected chi connectivity index (χ3v) is 2.83. The molecule has 0 aliphatic carbocycles. The van der Waals surface area contributed by atoms with Crippen molar-refractivity contribution in [3.05, 3.63) is 42.0 Å². The highest BCUT2D eigenvalue weighted by atomic mass is 19.1. The van der Waals surface area contributed by atoms with Gasteiger partial charge in [-0.15, -0.1) is 5.10 Å². The van der Waals surface area contributed by atoms with Crippen LogP contribution in [0.3, 0.4) is 0 Å². The van der Waals surface area contributed by atoms with Gasteiger partial charge >= 0.3 is 0 Å². The zero-order valence-electron chi connectivity index (χ0n) is 11.2. The Labute approximate surface area is 116 Å². The average molecular weight is 277 g/mol. The second kappa shape index (κ2) is 6.25. The molecule has 0 saturated heterocycles. The molecule has 20 heavy (non-hydrogen) atoms. The first-order valence-electron chi connectivity index (χ1n) is 6.29. The Hall–Kier alpha value is -2.28. The molecule has 0 saturated carbocycles. The van der Waals surface area contributed by atoms with Crippen molar-refractivity contribution in [3.63, 3.8) is 0 Å². The summed E-state index contributed by atoms with van der Waals surface area (Å²) in [4.78, 5) is 13.7. The second-order valence-corrected chi connectivity index (χ2v) is 4.23. The predicted octanol–water partition coefficient (Wildman–Crippen LogP) is 0.929. The van der Waals surface area contributed by atoms with Gasteiger partial charge < -0.3 is 10.6 Å². The molecule has 1 amide bonds. The Morgan fingerprint density at radius 3 is 2.90 bits per heavy atom. The fraction of sp³-hybridized carbons (Fsp3) is 0.308. The van der Waals surface area contributed by atoms with E-state index in [0.29, 0.717) is 17.9 Å². The molecule has 2 aromatic rings. The predicted molar refractivity (Wildman–Crippen MR) is 72.3 cm³/mol. The topological polar surface area (TPSA) is 77.0 Å². The van der Waals surface area contributed by atoms with E-state index in [9.17, 15) is 9.18 Å². The van der Waals surface area contributed by atoms with Crippen LogP contribution >= 0.6 is 0 Å². The molecule has 0 bridgehead atoms. The fourth-order valence-electron chi connectivity index (χ4n) is 1.88. The number of nitrogens with zero attached hydrogens (tertiary/aromatic N) is 4. The maximum Gasteiger partial charge on any atom is 0.248 e. The summed E-state index contributed by atoms with van der Waals surface area (Å²) in [5.41, 5.74) is 6.58. The van der Waals surface area contributed by atoms with Gasteiger partial charge in [-0.2, -0.15) is 0 Å². The third-order valence-electron chi connectivity index (χ3n) is 2.83. The third kappa shape index (κ3) is 3.18. The quantitative estimate of drug-likeness (QED) is 0.882. The summed E-state index contributed by atoms with van der Waals surface area (Å²) < 4.78 is 14.6. The smallest absolute Gasteiger partial charge is 0.248 e. The fourth-order valence-corrected chi connectivity index (χ4v) is 1.88. The Kier molecular flexibility index (Phi) is 4.41. The zero-order chi connectivity index (χ0) is 14.5. The van der Waals surface area contributed by atoms with E-state index in [1.807, 2.05) is 6.92 Å². The number of aromatic nitrogens is 3. The van der Waals surface area contributed by atoms with Gasteiger partial charge in [0, 0.05) is 18.8 Å². The molecule has 0 atom stereocenters. The summed E-state index contributed by atoms with van der Waals surface area (Å²) in [6.07, 6.45) is 1.62. The summed E-state index contributed by atoms with van der Waals surface area (Å²) in [5, 5.41) is 7.64. The van der Waals surface area contributed by atoms with E-state index in [2.05, 4.69) is 10.3 Å². The number of halogens is 1. The first-order chi connectivity index (χ1) is 9.63. The van der Waals surface area contributed by atoms with Crippen LogP contribution in [-0.4, -0.2) is 27.4 Å². The van der Waals surface area contributed by atoms with Crippen LogP contribution in [0.15, 0.2) is 30.5 Å². The number of amides is 1. The first kappa shape index (κ1) is 14.1. The van der Waals surface area contributed by atoms with E-state index in [0.717, 1.165) is 0 Å². The van der Waals surface area contributed by atoms with Crippen LogP contribution in [0.2, 0.25) is 0 Å². The summed E-state index contributed by atoms with van der Waals surface area (Å²) in [7, 11) is 0. The normalized spacial score (nSPS) is 10.6. The van der Waals surface area contributed by atoms with Gasteiger partial charge in [-0.1, -0.05) is 11.3 Å². The van der Waals surface area contributed by atoms with Gasteiger partial charge in [0.25, 0.3) is 0 Å². The van der Waals surface area contributed by atoms with Crippen molar-refractivity contribution in [3.8, 4) is 0 Å². The number of nitrogens with two attached hydrogens (primary N) is 1. The molecule has 7 heteroatoms. The van der Waals surface area contributed by atoms with Crippen LogP contribution in [0, 0.1) is 5.82 Å². The van der Waals surface area contributed by atoms with Crippen molar-refractivity contribution in [2.75, 3.05) is 11.4 Å². The molecule has 0 aliphatic rings. The maximum absolute atomic E-state index is 13.2. The van der Waals surface area contributed by atoms with E-state index < -0.39 is 0 Å². The lowest BCUT2D eigenvalue weighted by Crippen LogP contribution is -2.33. The number of carbonyl (C=O) groups excluding carboxylic acids is 1. The van der Waals surface area contributed by atoms with Crippen molar-refractivity contribution in [1.82, 2.24) is 15.0 Å². The van der Waals surface area contributed by atoms with Crippen molar-refractivity contribution in [1.29, 1.82) is 0 Å². The molecule has 0 spiro atoms. The van der Waals surface area contributed by atoms with E-state index in [-0.39, 0.29) is 24.8 Å². The largest absolute Gasteiger partial charge is 0.325 e. The molecular weight excluding hydrogens is 261 g/mol. The monoisotopic (exact) mass is 277 g/mol. The highest BCUT2D eigenvalue weighted by Crippen LogP contribution is 2.15. The van der Waals surface area contributed by atoms with Crippen LogP contribution < -0.4 is 10.6 Å². The van der Waals surface area contributed by atoms with Crippen molar-refractivity contribution < 1.29 is 9.18 Å². The molecule has 0 unspecified atom stereocenters. The Bertz CT molecular complexity index is 598. The van der Waals surface area contributed by atoms with Crippen molar-refractivity contribution >= 4 is 11.6 Å². The van der Waals surface area contributed by atoms with Gasteiger partial charge in [-0.3, -0.25) is 4.79 Å². The lowest BCUT2D eigenvalue weighted by Gasteiger charge is -2.20. The summed E-state index contributed by atoms with van der Waals surface area (Å²) >= 11 is 0. The number of anilines is 1. The van der Waals surface area contributed by atoms with Gasteiger partial charge in [0.2, 0.25) is 5.91 Å². The van der Waals surface area contributed by atoms with Gasteiger partial charge in [-0.25, -0.2) is 9.07 Å². The molecule has 0 fully saturated rings. The molecule has 1 aromatic heterocycles. The highest BCUT2D eigenvalue weighted by molar-refractivity contribution is 5.93. The number of rotatable bonds is 5. The molecule has 6 nitrogen and oxygen atoms in total. The van der Waals surface area contributed by atoms with Crippen molar-refractivity contribution in [2.24, 2.45) is 5.73 Å². The number of hydrogen-bond donors (Lipinski definition) is 1. The zero-order valence-corrected chi connectivity index (χ0v) is 11.2. The van der Waals surface area contributed by atoms with Gasteiger partial charge in [0.05, 0.1) is 11.9 Å². The summed E-state index contributed by atoms with van der Waals surface area (Å²) in [5.74, 6) is -0.563. The van der Waals surface area contributed by atoms with E-state index in [1.165, 1.54) is 21.7 Å². The Morgan fingerprint density at radius 1 is 1.50 bits per heavy atom. The second-order valence-electron chi connectivity index (χ2n) is 4.23. The average Bonchev–Trinajstić information content (AvgIpc) is 2.87. The van der Waals surface area contributed by atoms with Gasteiger partial charge in [0.1, 0.15) is 12.4 Å². The SMILES string of the molecule is CCN(C(=O)Cn1cc(CN)nn1)c1cccc(F)c1. The molecule has 2 N–H and O–H groups in total. The van der Waals surface area contributed by atoms with Gasteiger partial charge in [-0.05, 0) is 25.1 Å². The van der Waals surface area contributed by atoms with Crippen LogP contribution in [0.25, 0.3) is 0 Å². The minimum Gasteiger partial charge on any atom is -0.325 e. The molecule has 1 aromatic carbocycles. The lowest BCUT2D eigenvalue weighted by atomic mass is 10.2. The van der Waals surface area contributed by atoms with Crippen molar-refractivity contribution in [2.45, 2.75) is 20.0 Å². The number of likely N-dealkylation sites (N-methyl/N-ethyl adjacent to an activating group) is 1. The van der Waals surface area contributed by atoms with Gasteiger partial charge in [0.15, 0.2) is 0 Å².